The highest BCUT2D eigenvalue weighted by Crippen LogP contribution is 2.33. The number of benzene rings is 2. The molecule has 1 atom stereocenters. The Kier molecular flexibility index (Phi) is 12.3. The van der Waals surface area contributed by atoms with E-state index in [-0.39, 0.29) is 24.8 Å². The molecule has 1 fully saturated rings. The fourth-order valence-electron chi connectivity index (χ4n) is 5.16. The zero-order valence-electron chi connectivity index (χ0n) is 25.3. The number of nitrogens with two attached hydrogens (primary N) is 1. The summed E-state index contributed by atoms with van der Waals surface area (Å²) in [6, 6.07) is 13.7. The summed E-state index contributed by atoms with van der Waals surface area (Å²) in [5.41, 5.74) is 7.10. The molecule has 0 bridgehead atoms. The minimum Gasteiger partial charge on any atom is -0.494 e. The monoisotopic (exact) mass is 645 g/mol. The molecule has 1 unspecified atom stereocenters. The van der Waals surface area contributed by atoms with Crippen molar-refractivity contribution in [1.82, 2.24) is 14.8 Å². The molecular weight excluding hydrogens is 605 g/mol. The number of nitrogens with zero attached hydrogens (tertiary/aromatic N) is 3. The van der Waals surface area contributed by atoms with Gasteiger partial charge in [-0.1, -0.05) is 43.1 Å². The van der Waals surface area contributed by atoms with E-state index < -0.39 is 17.9 Å². The van der Waals surface area contributed by atoms with Gasteiger partial charge >= 0.3 is 5.97 Å². The first-order valence-corrected chi connectivity index (χ1v) is 15.7. The second kappa shape index (κ2) is 16.1. The topological polar surface area (TPSA) is 119 Å². The van der Waals surface area contributed by atoms with Gasteiger partial charge in [-0.3, -0.25) is 23.9 Å². The molecule has 238 valence electrons. The van der Waals surface area contributed by atoms with Crippen LogP contribution in [0.15, 0.2) is 53.3 Å². The molecule has 3 N–H and O–H groups in total. The summed E-state index contributed by atoms with van der Waals surface area (Å²) >= 11 is 12.6. The Hall–Kier alpha value is -3.31. The molecule has 10 nitrogen and oxygen atoms in total. The van der Waals surface area contributed by atoms with E-state index in [9.17, 15) is 14.4 Å². The summed E-state index contributed by atoms with van der Waals surface area (Å²) in [6.07, 6.45) is 2.38. The second-order valence-electron chi connectivity index (χ2n) is 11.4. The fraction of sp³-hybridized carbons (Fsp3) is 0.469. The summed E-state index contributed by atoms with van der Waals surface area (Å²) in [5.74, 6) is -0.201. The number of carbonyl (C=O) groups excluding carboxylic acids is 2. The van der Waals surface area contributed by atoms with Crippen LogP contribution in [0.5, 0.6) is 5.75 Å². The SMILES string of the molecule is CC(C)CC(N)C(=O)NCC(=O)OCn1c(=O)ccc2ccc(OCCCCN3CCN(c4cccc(Cl)c4Cl)CC3)cc21. The molecule has 1 saturated heterocycles. The van der Waals surface area contributed by atoms with Crippen molar-refractivity contribution in [2.24, 2.45) is 11.7 Å². The van der Waals surface area contributed by atoms with E-state index >= 15 is 0 Å². The number of nitrogens with one attached hydrogen (secondary N) is 1. The number of halogens is 2. The highest BCUT2D eigenvalue weighted by Gasteiger charge is 2.20. The molecule has 1 aliphatic heterocycles. The van der Waals surface area contributed by atoms with Gasteiger partial charge in [-0.05, 0) is 67.4 Å². The zero-order valence-corrected chi connectivity index (χ0v) is 26.8. The second-order valence-corrected chi connectivity index (χ2v) is 12.2. The van der Waals surface area contributed by atoms with Crippen molar-refractivity contribution in [1.29, 1.82) is 0 Å². The van der Waals surface area contributed by atoms with Crippen molar-refractivity contribution in [3.63, 3.8) is 0 Å². The van der Waals surface area contributed by atoms with E-state index in [1.54, 1.807) is 18.2 Å². The molecule has 2 heterocycles. The maximum absolute atomic E-state index is 12.6. The van der Waals surface area contributed by atoms with Crippen molar-refractivity contribution in [2.75, 3.05) is 50.8 Å². The normalized spacial score (nSPS) is 14.5. The van der Waals surface area contributed by atoms with Crippen molar-refractivity contribution >= 4 is 51.7 Å². The van der Waals surface area contributed by atoms with Gasteiger partial charge in [0.25, 0.3) is 5.56 Å². The molecule has 3 aromatic rings. The highest BCUT2D eigenvalue weighted by atomic mass is 35.5. The minimum atomic E-state index is -0.696. The predicted molar refractivity (Wildman–Crippen MR) is 175 cm³/mol. The number of anilines is 1. The average Bonchev–Trinajstić information content (AvgIpc) is 3.00. The lowest BCUT2D eigenvalue weighted by Gasteiger charge is -2.36. The van der Waals surface area contributed by atoms with Gasteiger partial charge < -0.3 is 25.4 Å². The van der Waals surface area contributed by atoms with E-state index in [0.29, 0.717) is 34.3 Å². The molecule has 44 heavy (non-hydrogen) atoms. The van der Waals surface area contributed by atoms with Crippen LogP contribution in [0.3, 0.4) is 0 Å². The number of unbranched alkanes of at least 4 members (excludes halogenated alkanes) is 1. The quantitative estimate of drug-likeness (QED) is 0.197. The Bertz CT molecular complexity index is 1490. The third-order valence-corrected chi connectivity index (χ3v) is 8.38. The third-order valence-electron chi connectivity index (χ3n) is 7.57. The maximum Gasteiger partial charge on any atom is 0.327 e. The summed E-state index contributed by atoms with van der Waals surface area (Å²) in [4.78, 5) is 41.7. The number of hydrogen-bond acceptors (Lipinski definition) is 8. The molecule has 0 aliphatic carbocycles. The van der Waals surface area contributed by atoms with Crippen LogP contribution in [-0.2, 0) is 21.1 Å². The number of amides is 1. The fourth-order valence-corrected chi connectivity index (χ4v) is 5.58. The Morgan fingerprint density at radius 3 is 2.52 bits per heavy atom. The van der Waals surface area contributed by atoms with Gasteiger partial charge in [0.2, 0.25) is 5.91 Å². The smallest absolute Gasteiger partial charge is 0.327 e. The van der Waals surface area contributed by atoms with Gasteiger partial charge in [0, 0.05) is 38.3 Å². The lowest BCUT2D eigenvalue weighted by Crippen LogP contribution is -2.46. The van der Waals surface area contributed by atoms with Gasteiger partial charge in [-0.15, -0.1) is 0 Å². The van der Waals surface area contributed by atoms with Crippen molar-refractivity contribution in [3.8, 4) is 5.75 Å². The average molecular weight is 647 g/mol. The molecule has 12 heteroatoms. The number of rotatable bonds is 14. The van der Waals surface area contributed by atoms with Crippen molar-refractivity contribution in [2.45, 2.75) is 45.9 Å². The Morgan fingerprint density at radius 2 is 1.77 bits per heavy atom. The van der Waals surface area contributed by atoms with Crippen LogP contribution in [0.4, 0.5) is 5.69 Å². The number of carbonyl (C=O) groups is 2. The van der Waals surface area contributed by atoms with Crippen LogP contribution in [0, 0.1) is 5.92 Å². The molecule has 1 aromatic heterocycles. The van der Waals surface area contributed by atoms with Crippen LogP contribution in [0.25, 0.3) is 10.9 Å². The number of pyridine rings is 1. The first-order chi connectivity index (χ1) is 21.1. The van der Waals surface area contributed by atoms with Gasteiger partial charge in [0.15, 0.2) is 6.73 Å². The lowest BCUT2D eigenvalue weighted by atomic mass is 10.0. The van der Waals surface area contributed by atoms with Crippen LogP contribution < -0.4 is 26.2 Å². The third kappa shape index (κ3) is 9.34. The Balaban J connectivity index is 1.22. The molecule has 0 radical (unpaired) electrons. The highest BCUT2D eigenvalue weighted by molar-refractivity contribution is 6.43. The van der Waals surface area contributed by atoms with Gasteiger partial charge in [-0.25, -0.2) is 0 Å². The van der Waals surface area contributed by atoms with E-state index in [0.717, 1.165) is 56.6 Å². The van der Waals surface area contributed by atoms with Gasteiger partial charge in [0.05, 0.1) is 33.9 Å². The van der Waals surface area contributed by atoms with Crippen LogP contribution in [-0.4, -0.2) is 73.3 Å². The molecule has 0 spiro atoms. The number of ether oxygens (including phenoxy) is 2. The molecular formula is C32H41Cl2N5O5. The largest absolute Gasteiger partial charge is 0.494 e. The number of aromatic nitrogens is 1. The van der Waals surface area contributed by atoms with Gasteiger partial charge in [0.1, 0.15) is 12.3 Å². The predicted octanol–water partition coefficient (Wildman–Crippen LogP) is 4.28. The Morgan fingerprint density at radius 1 is 1.02 bits per heavy atom. The number of fused-ring (bicyclic) bond motifs is 1. The summed E-state index contributed by atoms with van der Waals surface area (Å²) in [6.45, 7) is 8.52. The molecule has 1 aliphatic rings. The maximum atomic E-state index is 12.6. The van der Waals surface area contributed by atoms with Crippen LogP contribution in [0.1, 0.15) is 33.1 Å². The summed E-state index contributed by atoms with van der Waals surface area (Å²) in [7, 11) is 0. The van der Waals surface area contributed by atoms with Crippen LogP contribution in [0.2, 0.25) is 10.0 Å². The van der Waals surface area contributed by atoms with Crippen molar-refractivity contribution in [3.05, 3.63) is 68.9 Å². The molecule has 1 amide bonds. The molecule has 2 aromatic carbocycles. The number of hydrogen-bond donors (Lipinski definition) is 2. The van der Waals surface area contributed by atoms with Crippen LogP contribution >= 0.6 is 23.2 Å². The first-order valence-electron chi connectivity index (χ1n) is 15.0. The van der Waals surface area contributed by atoms with E-state index in [4.69, 9.17) is 38.4 Å². The van der Waals surface area contributed by atoms with E-state index in [2.05, 4.69) is 15.1 Å². The van der Waals surface area contributed by atoms with E-state index in [1.807, 2.05) is 38.1 Å². The van der Waals surface area contributed by atoms with E-state index in [1.165, 1.54) is 10.6 Å². The summed E-state index contributed by atoms with van der Waals surface area (Å²) < 4.78 is 12.7. The number of piperazine rings is 1. The minimum absolute atomic E-state index is 0.253. The first kappa shape index (κ1) is 33.6. The van der Waals surface area contributed by atoms with Gasteiger partial charge in [-0.2, -0.15) is 0 Å². The molecule has 0 saturated carbocycles. The Labute approximate surface area is 268 Å². The lowest BCUT2D eigenvalue weighted by molar-refractivity contribution is -0.147. The molecule has 4 rings (SSSR count). The number of esters is 1. The van der Waals surface area contributed by atoms with Crippen molar-refractivity contribution < 1.29 is 19.1 Å². The summed E-state index contributed by atoms with van der Waals surface area (Å²) in [5, 5.41) is 4.48. The zero-order chi connectivity index (χ0) is 31.6. The standard InChI is InChI=1S/C32H41Cl2N5O5/c1-22(2)18-26(35)32(42)36-20-30(41)44-21-39-28-19-24(10-8-23(28)9-11-29(39)40)43-17-4-3-12-37-13-15-38(16-14-37)27-7-5-6-25(33)31(27)34/h5-11,19,22,26H,3-4,12-18,20-21,35H2,1-2H3,(H,36,42).